The van der Waals surface area contributed by atoms with Crippen molar-refractivity contribution in [3.8, 4) is 0 Å². The normalized spacial score (nSPS) is 16.2. The van der Waals surface area contributed by atoms with E-state index in [4.69, 9.17) is 0 Å². The van der Waals surface area contributed by atoms with Crippen LogP contribution in [-0.2, 0) is 0 Å². The first-order valence-corrected chi connectivity index (χ1v) is 5.59. The number of hydrogen-bond donors (Lipinski definition) is 2. The van der Waals surface area contributed by atoms with Crippen LogP contribution in [0.1, 0.15) is 53.9 Å². The third-order valence-electron chi connectivity index (χ3n) is 2.55. The molecule has 0 saturated heterocycles. The Hall–Kier alpha value is -0.0800. The van der Waals surface area contributed by atoms with Crippen LogP contribution in [0.5, 0.6) is 0 Å². The Bertz CT molecular complexity index is 113. The van der Waals surface area contributed by atoms with Crippen molar-refractivity contribution in [3.63, 3.8) is 0 Å². The Morgan fingerprint density at radius 1 is 1.00 bits per heavy atom. The monoisotopic (exact) mass is 186 g/mol. The molecule has 0 aromatic carbocycles. The van der Waals surface area contributed by atoms with Gasteiger partial charge >= 0.3 is 0 Å². The zero-order valence-electron chi connectivity index (χ0n) is 9.85. The maximum Gasteiger partial charge on any atom is 0.0207 e. The number of rotatable bonds is 7. The van der Waals surface area contributed by atoms with Gasteiger partial charge in [0.05, 0.1) is 0 Å². The van der Waals surface area contributed by atoms with Gasteiger partial charge in [0, 0.05) is 12.1 Å². The van der Waals surface area contributed by atoms with E-state index in [1.165, 1.54) is 19.3 Å². The zero-order chi connectivity index (χ0) is 10.3. The van der Waals surface area contributed by atoms with Crippen molar-refractivity contribution in [2.75, 3.05) is 0 Å². The molecule has 0 rings (SSSR count). The molecule has 2 nitrogen and oxygen atoms in total. The van der Waals surface area contributed by atoms with Gasteiger partial charge in [-0.05, 0) is 26.2 Å². The molecule has 0 radical (unpaired) electrons. The van der Waals surface area contributed by atoms with Crippen LogP contribution in [0.2, 0.25) is 0 Å². The second-order valence-electron chi connectivity index (χ2n) is 4.36. The molecule has 13 heavy (non-hydrogen) atoms. The fourth-order valence-electron chi connectivity index (χ4n) is 1.02. The van der Waals surface area contributed by atoms with E-state index in [2.05, 4.69) is 45.5 Å². The molecule has 0 aliphatic heterocycles. The summed E-state index contributed by atoms with van der Waals surface area (Å²) < 4.78 is 0. The Labute approximate surface area is 83.5 Å². The topological polar surface area (TPSA) is 24.1 Å². The summed E-state index contributed by atoms with van der Waals surface area (Å²) in [5.74, 6) is 0.686. The summed E-state index contributed by atoms with van der Waals surface area (Å²) >= 11 is 0. The van der Waals surface area contributed by atoms with Gasteiger partial charge in [0.1, 0.15) is 0 Å². The van der Waals surface area contributed by atoms with Gasteiger partial charge in [0.15, 0.2) is 0 Å². The van der Waals surface area contributed by atoms with Crippen LogP contribution in [0.4, 0.5) is 0 Å². The molecular weight excluding hydrogens is 160 g/mol. The number of unbranched alkanes of at least 4 members (excludes halogenated alkanes) is 1. The second kappa shape index (κ2) is 7.34. The predicted octanol–water partition coefficient (Wildman–Crippen LogP) is 2.70. The molecule has 2 unspecified atom stereocenters. The highest BCUT2D eigenvalue weighted by Gasteiger charge is 2.07. The van der Waals surface area contributed by atoms with Crippen LogP contribution >= 0.6 is 0 Å². The van der Waals surface area contributed by atoms with Crippen LogP contribution < -0.4 is 10.9 Å². The molecule has 2 N–H and O–H groups in total. The summed E-state index contributed by atoms with van der Waals surface area (Å²) in [5.41, 5.74) is 6.69. The molecule has 0 aliphatic rings. The molecule has 80 valence electrons. The van der Waals surface area contributed by atoms with Crippen LogP contribution in [-0.4, -0.2) is 12.1 Å². The molecular formula is C11H26N2. The summed E-state index contributed by atoms with van der Waals surface area (Å²) in [6, 6.07) is 1.13. The first-order valence-electron chi connectivity index (χ1n) is 5.59. The highest BCUT2D eigenvalue weighted by Crippen LogP contribution is 2.01. The Balaban J connectivity index is 3.40. The van der Waals surface area contributed by atoms with Crippen molar-refractivity contribution in [2.45, 2.75) is 66.0 Å². The molecule has 0 fully saturated rings. The molecule has 0 spiro atoms. The fraction of sp³-hybridized carbons (Fsp3) is 1.00. The molecule has 0 heterocycles. The Morgan fingerprint density at radius 3 is 2.08 bits per heavy atom. The van der Waals surface area contributed by atoms with E-state index in [-0.39, 0.29) is 0 Å². The number of hydrazine groups is 1. The smallest absolute Gasteiger partial charge is 0.0207 e. The third kappa shape index (κ3) is 7.03. The van der Waals surface area contributed by atoms with E-state index in [0.717, 1.165) is 0 Å². The largest absolute Gasteiger partial charge is 0.255 e. The minimum Gasteiger partial charge on any atom is -0.255 e. The summed E-state index contributed by atoms with van der Waals surface area (Å²) in [7, 11) is 0. The molecule has 0 bridgehead atoms. The summed E-state index contributed by atoms with van der Waals surface area (Å²) in [4.78, 5) is 0. The first kappa shape index (κ1) is 12.9. The Morgan fingerprint density at radius 2 is 1.62 bits per heavy atom. The zero-order valence-corrected chi connectivity index (χ0v) is 9.85. The van der Waals surface area contributed by atoms with Crippen LogP contribution in [0.15, 0.2) is 0 Å². The molecule has 2 heteroatoms. The highest BCUT2D eigenvalue weighted by atomic mass is 15.4. The molecule has 2 atom stereocenters. The van der Waals surface area contributed by atoms with Crippen LogP contribution in [0.3, 0.4) is 0 Å². The minimum absolute atomic E-state index is 0.545. The van der Waals surface area contributed by atoms with Gasteiger partial charge in [0.25, 0.3) is 0 Å². The first-order chi connectivity index (χ1) is 6.07. The van der Waals surface area contributed by atoms with Gasteiger partial charge in [-0.15, -0.1) is 0 Å². The van der Waals surface area contributed by atoms with Crippen molar-refractivity contribution in [1.29, 1.82) is 0 Å². The molecule has 0 aromatic heterocycles. The molecule has 0 saturated carbocycles. The standard InChI is InChI=1S/C11H26N2/c1-6-7-8-10(4)12-13-11(5)9(2)3/h9-13H,6-8H2,1-5H3. The second-order valence-corrected chi connectivity index (χ2v) is 4.36. The van der Waals surface area contributed by atoms with Crippen LogP contribution in [0, 0.1) is 5.92 Å². The van der Waals surface area contributed by atoms with E-state index in [0.29, 0.717) is 18.0 Å². The molecule has 0 aliphatic carbocycles. The molecule has 0 amide bonds. The van der Waals surface area contributed by atoms with Gasteiger partial charge in [-0.3, -0.25) is 10.9 Å². The lowest BCUT2D eigenvalue weighted by atomic mass is 10.1. The lowest BCUT2D eigenvalue weighted by molar-refractivity contribution is 0.330. The highest BCUT2D eigenvalue weighted by molar-refractivity contribution is 4.64. The fourth-order valence-corrected chi connectivity index (χ4v) is 1.02. The van der Waals surface area contributed by atoms with Gasteiger partial charge in [-0.25, -0.2) is 0 Å². The Kier molecular flexibility index (Phi) is 7.29. The third-order valence-corrected chi connectivity index (χ3v) is 2.55. The molecule has 0 aromatic rings. The van der Waals surface area contributed by atoms with Crippen molar-refractivity contribution < 1.29 is 0 Å². The van der Waals surface area contributed by atoms with E-state index in [1.54, 1.807) is 0 Å². The van der Waals surface area contributed by atoms with Gasteiger partial charge < -0.3 is 0 Å². The summed E-state index contributed by atoms with van der Waals surface area (Å²) in [6.45, 7) is 11.1. The average molecular weight is 186 g/mol. The van der Waals surface area contributed by atoms with Gasteiger partial charge in [0.2, 0.25) is 0 Å². The SMILES string of the molecule is CCCCC(C)NNC(C)C(C)C. The van der Waals surface area contributed by atoms with Crippen molar-refractivity contribution in [2.24, 2.45) is 5.92 Å². The summed E-state index contributed by atoms with van der Waals surface area (Å²) in [5, 5.41) is 0. The minimum atomic E-state index is 0.545. The van der Waals surface area contributed by atoms with E-state index in [1.807, 2.05) is 0 Å². The van der Waals surface area contributed by atoms with Crippen LogP contribution in [0.25, 0.3) is 0 Å². The maximum absolute atomic E-state index is 3.35. The van der Waals surface area contributed by atoms with Crippen molar-refractivity contribution >= 4 is 0 Å². The van der Waals surface area contributed by atoms with E-state index < -0.39 is 0 Å². The lowest BCUT2D eigenvalue weighted by Crippen LogP contribution is -2.46. The lowest BCUT2D eigenvalue weighted by Gasteiger charge is -2.21. The predicted molar refractivity (Wildman–Crippen MR) is 59.6 cm³/mol. The van der Waals surface area contributed by atoms with E-state index >= 15 is 0 Å². The quantitative estimate of drug-likeness (QED) is 0.597. The summed E-state index contributed by atoms with van der Waals surface area (Å²) in [6.07, 6.45) is 3.85. The van der Waals surface area contributed by atoms with Crippen molar-refractivity contribution in [1.82, 2.24) is 10.9 Å². The average Bonchev–Trinajstić information content (AvgIpc) is 2.10. The number of nitrogens with one attached hydrogen (secondary N) is 2. The van der Waals surface area contributed by atoms with Gasteiger partial charge in [-0.1, -0.05) is 33.6 Å². The van der Waals surface area contributed by atoms with E-state index in [9.17, 15) is 0 Å². The van der Waals surface area contributed by atoms with Crippen molar-refractivity contribution in [3.05, 3.63) is 0 Å². The van der Waals surface area contributed by atoms with Gasteiger partial charge in [-0.2, -0.15) is 0 Å². The number of hydrogen-bond acceptors (Lipinski definition) is 2. The maximum atomic E-state index is 3.35.